The number of thiophene rings is 1. The average molecular weight is 436 g/mol. The van der Waals surface area contributed by atoms with Crippen molar-refractivity contribution < 1.29 is 19.2 Å². The molecule has 1 saturated heterocycles. The first-order chi connectivity index (χ1) is 15.0. The Morgan fingerprint density at radius 1 is 1.26 bits per heavy atom. The van der Waals surface area contributed by atoms with Crippen LogP contribution in [0.2, 0.25) is 0 Å². The van der Waals surface area contributed by atoms with Gasteiger partial charge in [0.15, 0.2) is 5.06 Å². The number of rotatable bonds is 6. The third kappa shape index (κ3) is 3.58. The standard InChI is InChI=1S/C23H21N3O4S/c1-13-9-19(31-23(13)29-2)21-24-20(25-30-21)18-8-7-14(16-5-3-4-6-17(16)18)10-26-11-15(12-26)22(27)28/h3-9,15H,10-12H2,1-2H3,(H,27,28). The Hall–Kier alpha value is -3.23. The molecule has 0 atom stereocenters. The van der Waals surface area contributed by atoms with Crippen molar-refractivity contribution in [1.29, 1.82) is 0 Å². The van der Waals surface area contributed by atoms with Gasteiger partial charge < -0.3 is 14.4 Å². The van der Waals surface area contributed by atoms with Crippen LogP contribution in [-0.4, -0.2) is 46.3 Å². The molecule has 0 bridgehead atoms. The number of hydrogen-bond donors (Lipinski definition) is 1. The summed E-state index contributed by atoms with van der Waals surface area (Å²) in [7, 11) is 1.65. The number of aliphatic carboxylic acids is 1. The highest BCUT2D eigenvalue weighted by Crippen LogP contribution is 2.37. The molecule has 0 amide bonds. The molecule has 7 nitrogen and oxygen atoms in total. The lowest BCUT2D eigenvalue weighted by Gasteiger charge is -2.36. The first-order valence-corrected chi connectivity index (χ1v) is 10.8. The Balaban J connectivity index is 1.46. The van der Waals surface area contributed by atoms with Crippen LogP contribution in [0.5, 0.6) is 5.06 Å². The topological polar surface area (TPSA) is 88.7 Å². The second-order valence-corrected chi connectivity index (χ2v) is 8.77. The van der Waals surface area contributed by atoms with Gasteiger partial charge in [-0.2, -0.15) is 4.98 Å². The molecular formula is C23H21N3O4S. The summed E-state index contributed by atoms with van der Waals surface area (Å²) in [5, 5.41) is 16.3. The van der Waals surface area contributed by atoms with Crippen molar-refractivity contribution in [2.75, 3.05) is 20.2 Å². The number of carboxylic acids is 1. The van der Waals surface area contributed by atoms with Gasteiger partial charge >= 0.3 is 5.97 Å². The highest BCUT2D eigenvalue weighted by Gasteiger charge is 2.32. The SMILES string of the molecule is COc1sc(-c2nc(-c3ccc(CN4CC(C(=O)O)C4)c4ccccc34)no2)cc1C. The number of fused-ring (bicyclic) bond motifs is 1. The molecule has 1 N–H and O–H groups in total. The molecule has 1 aliphatic rings. The van der Waals surface area contributed by atoms with E-state index in [0.29, 0.717) is 24.8 Å². The van der Waals surface area contributed by atoms with Crippen molar-refractivity contribution in [1.82, 2.24) is 15.0 Å². The van der Waals surface area contributed by atoms with Crippen LogP contribution in [-0.2, 0) is 11.3 Å². The van der Waals surface area contributed by atoms with E-state index >= 15 is 0 Å². The molecule has 0 unspecified atom stereocenters. The van der Waals surface area contributed by atoms with E-state index in [1.807, 2.05) is 31.2 Å². The summed E-state index contributed by atoms with van der Waals surface area (Å²) in [6.07, 6.45) is 0. The number of hydrogen-bond acceptors (Lipinski definition) is 7. The maximum atomic E-state index is 11.1. The summed E-state index contributed by atoms with van der Waals surface area (Å²) in [6.45, 7) is 3.88. The minimum absolute atomic E-state index is 0.261. The number of methoxy groups -OCH3 is 1. The van der Waals surface area contributed by atoms with Crippen LogP contribution in [0.4, 0.5) is 0 Å². The Bertz CT molecular complexity index is 1270. The smallest absolute Gasteiger partial charge is 0.309 e. The van der Waals surface area contributed by atoms with Gasteiger partial charge in [0.25, 0.3) is 5.89 Å². The maximum absolute atomic E-state index is 11.1. The second kappa shape index (κ2) is 7.79. The molecule has 2 aromatic heterocycles. The molecule has 3 heterocycles. The molecule has 0 aliphatic carbocycles. The number of carboxylic acid groups (broad SMARTS) is 1. The normalized spacial score (nSPS) is 14.6. The van der Waals surface area contributed by atoms with Crippen LogP contribution in [0.3, 0.4) is 0 Å². The lowest BCUT2D eigenvalue weighted by atomic mass is 9.95. The van der Waals surface area contributed by atoms with Crippen LogP contribution in [0.1, 0.15) is 11.1 Å². The fourth-order valence-corrected chi connectivity index (χ4v) is 4.91. The number of likely N-dealkylation sites (tertiary alicyclic amines) is 1. The van der Waals surface area contributed by atoms with E-state index < -0.39 is 5.97 Å². The van der Waals surface area contributed by atoms with Crippen LogP contribution >= 0.6 is 11.3 Å². The monoisotopic (exact) mass is 435 g/mol. The quantitative estimate of drug-likeness (QED) is 0.479. The van der Waals surface area contributed by atoms with E-state index in [-0.39, 0.29) is 5.92 Å². The molecule has 4 aromatic rings. The van der Waals surface area contributed by atoms with Gasteiger partial charge in [-0.3, -0.25) is 9.69 Å². The Morgan fingerprint density at radius 2 is 2.03 bits per heavy atom. The number of carbonyl (C=O) groups is 1. The summed E-state index contributed by atoms with van der Waals surface area (Å²) in [5.41, 5.74) is 3.10. The molecule has 2 aromatic carbocycles. The van der Waals surface area contributed by atoms with E-state index in [2.05, 4.69) is 33.2 Å². The number of aryl methyl sites for hydroxylation is 1. The molecule has 1 aliphatic heterocycles. The minimum Gasteiger partial charge on any atom is -0.487 e. The molecule has 1 fully saturated rings. The summed E-state index contributed by atoms with van der Waals surface area (Å²) >= 11 is 1.48. The summed E-state index contributed by atoms with van der Waals surface area (Å²) in [4.78, 5) is 18.7. The van der Waals surface area contributed by atoms with Gasteiger partial charge in [-0.15, -0.1) is 0 Å². The third-order valence-corrected chi connectivity index (χ3v) is 6.84. The number of ether oxygens (including phenoxy) is 1. The van der Waals surface area contributed by atoms with Gasteiger partial charge in [0.2, 0.25) is 5.82 Å². The molecule has 0 spiro atoms. The fraction of sp³-hybridized carbons (Fsp3) is 0.261. The van der Waals surface area contributed by atoms with Gasteiger partial charge in [0.05, 0.1) is 17.9 Å². The molecule has 31 heavy (non-hydrogen) atoms. The van der Waals surface area contributed by atoms with Crippen LogP contribution < -0.4 is 4.74 Å². The van der Waals surface area contributed by atoms with Crippen molar-refractivity contribution in [2.45, 2.75) is 13.5 Å². The highest BCUT2D eigenvalue weighted by atomic mass is 32.1. The maximum Gasteiger partial charge on any atom is 0.309 e. The van der Waals surface area contributed by atoms with E-state index in [4.69, 9.17) is 14.4 Å². The Labute approximate surface area is 182 Å². The fourth-order valence-electron chi connectivity index (χ4n) is 4.00. The van der Waals surface area contributed by atoms with E-state index in [9.17, 15) is 4.79 Å². The predicted octanol–water partition coefficient (Wildman–Crippen LogP) is 4.45. The van der Waals surface area contributed by atoms with Crippen molar-refractivity contribution in [3.05, 3.63) is 53.6 Å². The summed E-state index contributed by atoms with van der Waals surface area (Å²) in [6, 6.07) is 14.2. The molecule has 158 valence electrons. The molecule has 0 radical (unpaired) electrons. The van der Waals surface area contributed by atoms with Gasteiger partial charge in [-0.05, 0) is 29.3 Å². The molecule has 8 heteroatoms. The van der Waals surface area contributed by atoms with Crippen molar-refractivity contribution in [3.63, 3.8) is 0 Å². The van der Waals surface area contributed by atoms with Gasteiger partial charge in [-0.25, -0.2) is 0 Å². The zero-order valence-corrected chi connectivity index (χ0v) is 18.0. The number of nitrogens with zero attached hydrogens (tertiary/aromatic N) is 3. The molecular weight excluding hydrogens is 414 g/mol. The Morgan fingerprint density at radius 3 is 2.74 bits per heavy atom. The van der Waals surface area contributed by atoms with E-state index in [0.717, 1.165) is 43.9 Å². The van der Waals surface area contributed by atoms with Crippen LogP contribution in [0.15, 0.2) is 47.0 Å². The largest absolute Gasteiger partial charge is 0.487 e. The van der Waals surface area contributed by atoms with Crippen molar-refractivity contribution in [3.8, 4) is 27.2 Å². The predicted molar refractivity (Wildman–Crippen MR) is 118 cm³/mol. The lowest BCUT2D eigenvalue weighted by molar-refractivity contribution is -0.147. The third-order valence-electron chi connectivity index (χ3n) is 5.65. The number of benzene rings is 2. The minimum atomic E-state index is -0.720. The zero-order valence-electron chi connectivity index (χ0n) is 17.2. The molecule has 5 rings (SSSR count). The first kappa shape index (κ1) is 19.7. The molecule has 0 saturated carbocycles. The van der Waals surface area contributed by atoms with Gasteiger partial charge in [-0.1, -0.05) is 52.9 Å². The number of aromatic nitrogens is 2. The average Bonchev–Trinajstić information content (AvgIpc) is 3.36. The zero-order chi connectivity index (χ0) is 21.5. The van der Waals surface area contributed by atoms with Gasteiger partial charge in [0, 0.05) is 30.8 Å². The van der Waals surface area contributed by atoms with Crippen LogP contribution in [0, 0.1) is 12.8 Å². The van der Waals surface area contributed by atoms with Crippen molar-refractivity contribution >= 4 is 28.1 Å². The van der Waals surface area contributed by atoms with Crippen molar-refractivity contribution in [2.24, 2.45) is 5.92 Å². The van der Waals surface area contributed by atoms with Crippen LogP contribution in [0.25, 0.3) is 32.9 Å². The highest BCUT2D eigenvalue weighted by molar-refractivity contribution is 7.17. The second-order valence-electron chi connectivity index (χ2n) is 7.76. The Kier molecular flexibility index (Phi) is 4.95. The first-order valence-electron chi connectivity index (χ1n) is 9.98. The van der Waals surface area contributed by atoms with E-state index in [1.54, 1.807) is 7.11 Å². The lowest BCUT2D eigenvalue weighted by Crippen LogP contribution is -2.49. The van der Waals surface area contributed by atoms with Gasteiger partial charge in [0.1, 0.15) is 0 Å². The summed E-state index contributed by atoms with van der Waals surface area (Å²) in [5.74, 6) is 0.0308. The van der Waals surface area contributed by atoms with E-state index in [1.165, 1.54) is 11.3 Å². The summed E-state index contributed by atoms with van der Waals surface area (Å²) < 4.78 is 10.9.